The van der Waals surface area contributed by atoms with Crippen LogP contribution in [0.25, 0.3) is 5.69 Å². The van der Waals surface area contributed by atoms with Crippen LogP contribution in [-0.2, 0) is 17.9 Å². The number of nitrogen functional groups attached to an aromatic ring is 1. The normalized spacial score (nSPS) is 12.5. The van der Waals surface area contributed by atoms with Crippen LogP contribution in [0.15, 0.2) is 40.6 Å². The molecule has 0 spiro atoms. The standard InChI is InChI=1S/C22H28N8/c1-21(2,3)17-15(13-23)20(29(7)27-17)26-25-16-18(22(4,5)6)28-30(19(16)24)14-11-9-8-10-12-14/h8-12H,24H2,1-7H3/b26-25+. The van der Waals surface area contributed by atoms with Gasteiger partial charge < -0.3 is 5.73 Å². The quantitative estimate of drug-likeness (QED) is 0.614. The molecule has 3 aromatic rings. The Morgan fingerprint density at radius 1 is 0.933 bits per heavy atom. The summed E-state index contributed by atoms with van der Waals surface area (Å²) in [5, 5.41) is 27.8. The number of benzene rings is 1. The van der Waals surface area contributed by atoms with Crippen LogP contribution in [0.4, 0.5) is 17.3 Å². The van der Waals surface area contributed by atoms with Gasteiger partial charge >= 0.3 is 0 Å². The molecular formula is C22H28N8. The minimum Gasteiger partial charge on any atom is -0.382 e. The molecule has 30 heavy (non-hydrogen) atoms. The Hall–Kier alpha value is -3.47. The average molecular weight is 405 g/mol. The van der Waals surface area contributed by atoms with Gasteiger partial charge in [-0.05, 0) is 12.1 Å². The van der Waals surface area contributed by atoms with E-state index in [1.165, 1.54) is 0 Å². The number of aryl methyl sites for hydroxylation is 1. The molecule has 0 aliphatic heterocycles. The van der Waals surface area contributed by atoms with Crippen molar-refractivity contribution in [1.82, 2.24) is 19.6 Å². The van der Waals surface area contributed by atoms with Crippen LogP contribution in [0.3, 0.4) is 0 Å². The molecule has 0 amide bonds. The van der Waals surface area contributed by atoms with Crippen molar-refractivity contribution in [3.8, 4) is 11.8 Å². The summed E-state index contributed by atoms with van der Waals surface area (Å²) in [6.45, 7) is 12.2. The van der Waals surface area contributed by atoms with E-state index in [1.54, 1.807) is 16.4 Å². The van der Waals surface area contributed by atoms with Gasteiger partial charge in [0.05, 0.1) is 17.1 Å². The van der Waals surface area contributed by atoms with Crippen LogP contribution in [0.2, 0.25) is 0 Å². The SMILES string of the molecule is Cn1nc(C(C)(C)C)c(C#N)c1/N=N/c1c(C(C)(C)C)nn(-c2ccccc2)c1N. The number of para-hydroxylation sites is 1. The van der Waals surface area contributed by atoms with Crippen LogP contribution in [0.5, 0.6) is 0 Å². The second-order valence-corrected chi connectivity index (χ2v) is 9.31. The highest BCUT2D eigenvalue weighted by molar-refractivity contribution is 5.66. The van der Waals surface area contributed by atoms with Crippen molar-refractivity contribution in [3.05, 3.63) is 47.3 Å². The lowest BCUT2D eigenvalue weighted by Crippen LogP contribution is -2.14. The van der Waals surface area contributed by atoms with Crippen molar-refractivity contribution in [2.24, 2.45) is 17.3 Å². The number of nitrogens with two attached hydrogens (primary N) is 1. The Labute approximate surface area is 177 Å². The first-order valence-electron chi connectivity index (χ1n) is 9.79. The Morgan fingerprint density at radius 3 is 2.07 bits per heavy atom. The number of nitriles is 1. The zero-order chi connectivity index (χ0) is 22.3. The number of azo groups is 1. The monoisotopic (exact) mass is 404 g/mol. The van der Waals surface area contributed by atoms with Crippen LogP contribution >= 0.6 is 0 Å². The summed E-state index contributed by atoms with van der Waals surface area (Å²) in [5.41, 5.74) is 9.02. The minimum absolute atomic E-state index is 0.287. The minimum atomic E-state index is -0.302. The van der Waals surface area contributed by atoms with Crippen molar-refractivity contribution in [3.63, 3.8) is 0 Å². The highest BCUT2D eigenvalue weighted by atomic mass is 15.4. The molecule has 0 fully saturated rings. The number of nitrogens with zero attached hydrogens (tertiary/aromatic N) is 7. The molecule has 2 N–H and O–H groups in total. The molecule has 8 nitrogen and oxygen atoms in total. The van der Waals surface area contributed by atoms with Gasteiger partial charge in [0.1, 0.15) is 11.6 Å². The number of hydrogen-bond donors (Lipinski definition) is 1. The fourth-order valence-electron chi connectivity index (χ4n) is 3.15. The number of anilines is 1. The van der Waals surface area contributed by atoms with Gasteiger partial charge in [0.15, 0.2) is 17.3 Å². The third kappa shape index (κ3) is 3.83. The predicted molar refractivity (Wildman–Crippen MR) is 117 cm³/mol. The second-order valence-electron chi connectivity index (χ2n) is 9.31. The van der Waals surface area contributed by atoms with Crippen molar-refractivity contribution in [2.45, 2.75) is 52.4 Å². The molecule has 0 bridgehead atoms. The first kappa shape index (κ1) is 21.2. The molecule has 0 unspecified atom stereocenters. The van der Waals surface area contributed by atoms with Gasteiger partial charge in [-0.2, -0.15) is 15.5 Å². The molecule has 156 valence electrons. The molecule has 8 heteroatoms. The van der Waals surface area contributed by atoms with Crippen molar-refractivity contribution in [2.75, 3.05) is 5.73 Å². The molecule has 2 aromatic heterocycles. The van der Waals surface area contributed by atoms with Gasteiger partial charge in [0.2, 0.25) is 0 Å². The van der Waals surface area contributed by atoms with Crippen LogP contribution in [0, 0.1) is 11.3 Å². The summed E-state index contributed by atoms with van der Waals surface area (Å²) in [7, 11) is 1.76. The van der Waals surface area contributed by atoms with E-state index in [0.29, 0.717) is 28.6 Å². The maximum absolute atomic E-state index is 9.72. The second kappa shape index (κ2) is 7.41. The molecule has 0 atom stereocenters. The van der Waals surface area contributed by atoms with Gasteiger partial charge in [-0.3, -0.25) is 0 Å². The van der Waals surface area contributed by atoms with E-state index >= 15 is 0 Å². The summed E-state index contributed by atoms with van der Waals surface area (Å²) >= 11 is 0. The van der Waals surface area contributed by atoms with Gasteiger partial charge in [0.25, 0.3) is 0 Å². The maximum atomic E-state index is 9.72. The first-order valence-corrected chi connectivity index (χ1v) is 9.79. The maximum Gasteiger partial charge on any atom is 0.191 e. The summed E-state index contributed by atoms with van der Waals surface area (Å²) in [6.07, 6.45) is 0. The third-order valence-electron chi connectivity index (χ3n) is 4.69. The van der Waals surface area contributed by atoms with Gasteiger partial charge in [-0.1, -0.05) is 59.7 Å². The van der Waals surface area contributed by atoms with E-state index in [0.717, 1.165) is 11.4 Å². The Bertz CT molecular complexity index is 1130. The van der Waals surface area contributed by atoms with E-state index in [2.05, 4.69) is 21.4 Å². The summed E-state index contributed by atoms with van der Waals surface area (Å²) in [5.74, 6) is 0.792. The molecular weight excluding hydrogens is 376 g/mol. The topological polar surface area (TPSA) is 110 Å². The summed E-state index contributed by atoms with van der Waals surface area (Å²) in [4.78, 5) is 0. The zero-order valence-electron chi connectivity index (χ0n) is 18.6. The Kier molecular flexibility index (Phi) is 5.25. The molecule has 0 saturated carbocycles. The molecule has 2 heterocycles. The lowest BCUT2D eigenvalue weighted by molar-refractivity contribution is 0.552. The summed E-state index contributed by atoms with van der Waals surface area (Å²) < 4.78 is 3.25. The van der Waals surface area contributed by atoms with E-state index in [9.17, 15) is 5.26 Å². The average Bonchev–Trinajstić information content (AvgIpc) is 3.17. The Balaban J connectivity index is 2.17. The van der Waals surface area contributed by atoms with Crippen molar-refractivity contribution in [1.29, 1.82) is 5.26 Å². The lowest BCUT2D eigenvalue weighted by Gasteiger charge is -2.15. The van der Waals surface area contributed by atoms with Crippen molar-refractivity contribution >= 4 is 17.3 Å². The number of rotatable bonds is 3. The first-order chi connectivity index (χ1) is 13.9. The van der Waals surface area contributed by atoms with Gasteiger partial charge in [-0.15, -0.1) is 10.2 Å². The van der Waals surface area contributed by atoms with Crippen LogP contribution in [0.1, 0.15) is 58.5 Å². The number of aromatic nitrogens is 4. The number of hydrogen-bond acceptors (Lipinski definition) is 6. The highest BCUT2D eigenvalue weighted by Crippen LogP contribution is 2.38. The van der Waals surface area contributed by atoms with E-state index in [-0.39, 0.29) is 10.8 Å². The highest BCUT2D eigenvalue weighted by Gasteiger charge is 2.28. The summed E-state index contributed by atoms with van der Waals surface area (Å²) in [6, 6.07) is 11.9. The van der Waals surface area contributed by atoms with Gasteiger partial charge in [0, 0.05) is 17.9 Å². The lowest BCUT2D eigenvalue weighted by atomic mass is 9.90. The largest absolute Gasteiger partial charge is 0.382 e. The van der Waals surface area contributed by atoms with Crippen molar-refractivity contribution < 1.29 is 0 Å². The third-order valence-corrected chi connectivity index (χ3v) is 4.69. The van der Waals surface area contributed by atoms with Gasteiger partial charge in [-0.25, -0.2) is 9.36 Å². The fraction of sp³-hybridized carbons (Fsp3) is 0.409. The van der Waals surface area contributed by atoms with E-state index in [1.807, 2.05) is 71.9 Å². The van der Waals surface area contributed by atoms with Crippen LogP contribution < -0.4 is 5.73 Å². The molecule has 0 aliphatic rings. The van der Waals surface area contributed by atoms with E-state index in [4.69, 9.17) is 10.8 Å². The smallest absolute Gasteiger partial charge is 0.191 e. The fourth-order valence-corrected chi connectivity index (χ4v) is 3.15. The Morgan fingerprint density at radius 2 is 1.53 bits per heavy atom. The molecule has 0 radical (unpaired) electrons. The molecule has 1 aromatic carbocycles. The van der Waals surface area contributed by atoms with E-state index < -0.39 is 0 Å². The molecule has 0 saturated heterocycles. The zero-order valence-corrected chi connectivity index (χ0v) is 18.6. The molecule has 0 aliphatic carbocycles. The van der Waals surface area contributed by atoms with Crippen LogP contribution in [-0.4, -0.2) is 19.6 Å². The predicted octanol–water partition coefficient (Wildman–Crippen LogP) is 5.07. The molecule has 3 rings (SSSR count).